The van der Waals surface area contributed by atoms with Crippen LogP contribution in [0.5, 0.6) is 0 Å². The highest BCUT2D eigenvalue weighted by molar-refractivity contribution is 4.93. The maximum Gasteiger partial charge on any atom is 0.0244 e. The standard InChI is InChI=1S/C11H22N2/c1-11(2)6-7-12-10(11)8-13-9-4-3-5-9/h9-10,12-13H,3-8H2,1-2H3. The Morgan fingerprint density at radius 2 is 2.15 bits per heavy atom. The smallest absolute Gasteiger partial charge is 0.0244 e. The van der Waals surface area contributed by atoms with Crippen molar-refractivity contribution in [1.29, 1.82) is 0 Å². The topological polar surface area (TPSA) is 24.1 Å². The molecule has 0 amide bonds. The molecule has 1 unspecified atom stereocenters. The minimum absolute atomic E-state index is 0.497. The van der Waals surface area contributed by atoms with Crippen molar-refractivity contribution in [2.45, 2.75) is 51.6 Å². The Balaban J connectivity index is 1.73. The van der Waals surface area contributed by atoms with Gasteiger partial charge in [-0.3, -0.25) is 0 Å². The van der Waals surface area contributed by atoms with Crippen LogP contribution in [0.1, 0.15) is 39.5 Å². The van der Waals surface area contributed by atoms with E-state index in [0.717, 1.165) is 12.6 Å². The zero-order valence-electron chi connectivity index (χ0n) is 8.90. The zero-order chi connectivity index (χ0) is 9.31. The highest BCUT2D eigenvalue weighted by Crippen LogP contribution is 2.29. The maximum atomic E-state index is 3.65. The number of rotatable bonds is 3. The summed E-state index contributed by atoms with van der Waals surface area (Å²) in [5.74, 6) is 0. The molecule has 2 nitrogen and oxygen atoms in total. The van der Waals surface area contributed by atoms with Gasteiger partial charge in [-0.05, 0) is 31.2 Å². The minimum atomic E-state index is 0.497. The fourth-order valence-electron chi connectivity index (χ4n) is 2.26. The molecule has 2 rings (SSSR count). The molecule has 1 aliphatic carbocycles. The molecular formula is C11H22N2. The van der Waals surface area contributed by atoms with Crippen LogP contribution in [0.25, 0.3) is 0 Å². The van der Waals surface area contributed by atoms with E-state index in [2.05, 4.69) is 24.5 Å². The molecular weight excluding hydrogens is 160 g/mol. The van der Waals surface area contributed by atoms with E-state index in [4.69, 9.17) is 0 Å². The van der Waals surface area contributed by atoms with Crippen molar-refractivity contribution in [2.75, 3.05) is 13.1 Å². The third-order valence-electron chi connectivity index (χ3n) is 3.82. The van der Waals surface area contributed by atoms with Gasteiger partial charge in [-0.1, -0.05) is 20.3 Å². The molecule has 76 valence electrons. The van der Waals surface area contributed by atoms with Crippen LogP contribution in [0.3, 0.4) is 0 Å². The average molecular weight is 182 g/mol. The summed E-state index contributed by atoms with van der Waals surface area (Å²) in [6.45, 7) is 7.11. The van der Waals surface area contributed by atoms with Crippen molar-refractivity contribution in [3.8, 4) is 0 Å². The summed E-state index contributed by atoms with van der Waals surface area (Å²) in [6.07, 6.45) is 5.55. The Morgan fingerprint density at radius 1 is 1.38 bits per heavy atom. The summed E-state index contributed by atoms with van der Waals surface area (Å²) < 4.78 is 0. The van der Waals surface area contributed by atoms with Gasteiger partial charge in [0.15, 0.2) is 0 Å². The van der Waals surface area contributed by atoms with Gasteiger partial charge in [-0.2, -0.15) is 0 Å². The highest BCUT2D eigenvalue weighted by Gasteiger charge is 2.34. The number of nitrogens with one attached hydrogen (secondary N) is 2. The summed E-state index contributed by atoms with van der Waals surface area (Å²) >= 11 is 0. The van der Waals surface area contributed by atoms with Crippen molar-refractivity contribution in [1.82, 2.24) is 10.6 Å². The SMILES string of the molecule is CC1(C)CCNC1CNC1CCC1. The quantitative estimate of drug-likeness (QED) is 0.691. The van der Waals surface area contributed by atoms with Gasteiger partial charge >= 0.3 is 0 Å². The molecule has 0 radical (unpaired) electrons. The second kappa shape index (κ2) is 3.58. The molecule has 0 aromatic rings. The summed E-state index contributed by atoms with van der Waals surface area (Å²) in [5, 5.41) is 7.24. The molecule has 1 heterocycles. The van der Waals surface area contributed by atoms with Crippen molar-refractivity contribution in [3.05, 3.63) is 0 Å². The van der Waals surface area contributed by atoms with Crippen molar-refractivity contribution < 1.29 is 0 Å². The molecule has 0 bridgehead atoms. The predicted octanol–water partition coefficient (Wildman–Crippen LogP) is 1.52. The van der Waals surface area contributed by atoms with Crippen LogP contribution in [0.2, 0.25) is 0 Å². The highest BCUT2D eigenvalue weighted by atomic mass is 15.0. The Hall–Kier alpha value is -0.0800. The van der Waals surface area contributed by atoms with Gasteiger partial charge in [-0.25, -0.2) is 0 Å². The van der Waals surface area contributed by atoms with E-state index >= 15 is 0 Å². The third-order valence-corrected chi connectivity index (χ3v) is 3.82. The Labute approximate surface area is 81.5 Å². The molecule has 1 atom stereocenters. The lowest BCUT2D eigenvalue weighted by molar-refractivity contribution is 0.266. The maximum absolute atomic E-state index is 3.65. The predicted molar refractivity (Wildman–Crippen MR) is 55.8 cm³/mol. The largest absolute Gasteiger partial charge is 0.312 e. The van der Waals surface area contributed by atoms with Crippen LogP contribution < -0.4 is 10.6 Å². The third kappa shape index (κ3) is 2.05. The molecule has 2 fully saturated rings. The van der Waals surface area contributed by atoms with E-state index in [0.29, 0.717) is 11.5 Å². The van der Waals surface area contributed by atoms with Gasteiger partial charge in [0.25, 0.3) is 0 Å². The van der Waals surface area contributed by atoms with E-state index < -0.39 is 0 Å². The molecule has 0 aromatic heterocycles. The first kappa shape index (κ1) is 9.47. The lowest BCUT2D eigenvalue weighted by Gasteiger charge is -2.32. The first-order valence-corrected chi connectivity index (χ1v) is 5.65. The number of hydrogen-bond acceptors (Lipinski definition) is 2. The van der Waals surface area contributed by atoms with Crippen LogP contribution in [-0.4, -0.2) is 25.2 Å². The van der Waals surface area contributed by atoms with Gasteiger partial charge < -0.3 is 10.6 Å². The molecule has 1 saturated carbocycles. The van der Waals surface area contributed by atoms with Gasteiger partial charge in [0.1, 0.15) is 0 Å². The first-order valence-electron chi connectivity index (χ1n) is 5.65. The Kier molecular flexibility index (Phi) is 2.61. The van der Waals surface area contributed by atoms with Crippen LogP contribution in [0.15, 0.2) is 0 Å². The summed E-state index contributed by atoms with van der Waals surface area (Å²) in [4.78, 5) is 0. The van der Waals surface area contributed by atoms with Crippen LogP contribution in [0, 0.1) is 5.41 Å². The van der Waals surface area contributed by atoms with Crippen LogP contribution in [-0.2, 0) is 0 Å². The summed E-state index contributed by atoms with van der Waals surface area (Å²) in [7, 11) is 0. The lowest BCUT2D eigenvalue weighted by Crippen LogP contribution is -2.46. The second-order valence-corrected chi connectivity index (χ2v) is 5.28. The van der Waals surface area contributed by atoms with E-state index in [1.165, 1.54) is 32.2 Å². The second-order valence-electron chi connectivity index (χ2n) is 5.28. The van der Waals surface area contributed by atoms with Gasteiger partial charge in [-0.15, -0.1) is 0 Å². The molecule has 2 N–H and O–H groups in total. The zero-order valence-corrected chi connectivity index (χ0v) is 8.90. The van der Waals surface area contributed by atoms with E-state index in [1.54, 1.807) is 0 Å². The fourth-order valence-corrected chi connectivity index (χ4v) is 2.26. The van der Waals surface area contributed by atoms with Gasteiger partial charge in [0.2, 0.25) is 0 Å². The molecule has 1 saturated heterocycles. The normalized spacial score (nSPS) is 33.2. The fraction of sp³-hybridized carbons (Fsp3) is 1.00. The van der Waals surface area contributed by atoms with Gasteiger partial charge in [0.05, 0.1) is 0 Å². The van der Waals surface area contributed by atoms with Gasteiger partial charge in [0, 0.05) is 18.6 Å². The molecule has 2 aliphatic rings. The lowest BCUT2D eigenvalue weighted by atomic mass is 9.84. The molecule has 0 spiro atoms. The van der Waals surface area contributed by atoms with E-state index in [1.807, 2.05) is 0 Å². The summed E-state index contributed by atoms with van der Waals surface area (Å²) in [5.41, 5.74) is 0.497. The van der Waals surface area contributed by atoms with Crippen LogP contribution in [0.4, 0.5) is 0 Å². The summed E-state index contributed by atoms with van der Waals surface area (Å²) in [6, 6.07) is 1.52. The molecule has 13 heavy (non-hydrogen) atoms. The Bertz CT molecular complexity index is 173. The van der Waals surface area contributed by atoms with Crippen molar-refractivity contribution in [3.63, 3.8) is 0 Å². The monoisotopic (exact) mass is 182 g/mol. The van der Waals surface area contributed by atoms with Crippen LogP contribution >= 0.6 is 0 Å². The molecule has 1 aliphatic heterocycles. The van der Waals surface area contributed by atoms with Crippen molar-refractivity contribution >= 4 is 0 Å². The first-order chi connectivity index (χ1) is 6.18. The van der Waals surface area contributed by atoms with E-state index in [-0.39, 0.29) is 0 Å². The van der Waals surface area contributed by atoms with Crippen molar-refractivity contribution in [2.24, 2.45) is 5.41 Å². The minimum Gasteiger partial charge on any atom is -0.312 e. The molecule has 2 heteroatoms. The molecule has 0 aromatic carbocycles. The number of hydrogen-bond donors (Lipinski definition) is 2. The van der Waals surface area contributed by atoms with E-state index in [9.17, 15) is 0 Å². The average Bonchev–Trinajstić information content (AvgIpc) is 2.27. The Morgan fingerprint density at radius 3 is 2.62 bits per heavy atom.